The maximum Gasteiger partial charge on any atom is 0.252 e. The second kappa shape index (κ2) is 5.28. The molecule has 1 saturated heterocycles. The second-order valence-corrected chi connectivity index (χ2v) is 5.78. The van der Waals surface area contributed by atoms with Gasteiger partial charge < -0.3 is 4.90 Å². The van der Waals surface area contributed by atoms with Crippen molar-refractivity contribution in [2.24, 2.45) is 0 Å². The van der Waals surface area contributed by atoms with Gasteiger partial charge in [0.1, 0.15) is 12.1 Å². The van der Waals surface area contributed by atoms with E-state index in [1.54, 1.807) is 38.1 Å². The summed E-state index contributed by atoms with van der Waals surface area (Å²) in [5.41, 5.74) is -0.198. The van der Waals surface area contributed by atoms with E-state index >= 15 is 0 Å². The molecular weight excluding hydrogens is 276 g/mol. The number of carbonyl (C=O) groups excluding carboxylic acids is 3. The van der Waals surface area contributed by atoms with E-state index in [2.05, 4.69) is 17.9 Å². The van der Waals surface area contributed by atoms with Gasteiger partial charge in [0.05, 0.1) is 6.42 Å². The fourth-order valence-electron chi connectivity index (χ4n) is 2.07. The van der Waals surface area contributed by atoms with Gasteiger partial charge in [0, 0.05) is 4.90 Å². The first-order valence-corrected chi connectivity index (χ1v) is 6.68. The van der Waals surface area contributed by atoms with Crippen molar-refractivity contribution in [1.29, 1.82) is 0 Å². The summed E-state index contributed by atoms with van der Waals surface area (Å²) in [4.78, 5) is 37.7. The zero-order valence-electron chi connectivity index (χ0n) is 11.3. The lowest BCUT2D eigenvalue weighted by atomic mass is 9.97. The van der Waals surface area contributed by atoms with Crippen molar-refractivity contribution < 1.29 is 14.4 Å². The fraction of sp³-hybridized carbons (Fsp3) is 0.357. The highest BCUT2D eigenvalue weighted by Crippen LogP contribution is 2.20. The lowest BCUT2D eigenvalue weighted by Crippen LogP contribution is -2.65. The minimum absolute atomic E-state index is 0.0950. The van der Waals surface area contributed by atoms with E-state index in [1.165, 1.54) is 4.90 Å². The Balaban J connectivity index is 2.16. The van der Waals surface area contributed by atoms with Gasteiger partial charge in [-0.05, 0) is 31.5 Å². The Morgan fingerprint density at radius 1 is 1.30 bits per heavy atom. The summed E-state index contributed by atoms with van der Waals surface area (Å²) in [5, 5.41) is 2.24. The molecule has 5 nitrogen and oxygen atoms in total. The topological polar surface area (TPSA) is 66.5 Å². The Bertz CT molecular complexity index is 566. The van der Waals surface area contributed by atoms with E-state index in [0.29, 0.717) is 0 Å². The average Bonchev–Trinajstić information content (AvgIpc) is 2.37. The molecule has 1 aliphatic rings. The summed E-state index contributed by atoms with van der Waals surface area (Å²) < 4.78 is 0. The summed E-state index contributed by atoms with van der Waals surface area (Å²) in [6, 6.07) is 7.20. The number of benzene rings is 1. The van der Waals surface area contributed by atoms with Crippen LogP contribution in [0.2, 0.25) is 0 Å². The van der Waals surface area contributed by atoms with Crippen molar-refractivity contribution in [1.82, 2.24) is 10.2 Å². The van der Waals surface area contributed by atoms with Crippen LogP contribution < -0.4 is 5.32 Å². The largest absolute Gasteiger partial charge is 0.319 e. The lowest BCUT2D eigenvalue weighted by molar-refractivity contribution is -0.155. The van der Waals surface area contributed by atoms with E-state index in [4.69, 9.17) is 0 Å². The van der Waals surface area contributed by atoms with Crippen molar-refractivity contribution in [3.05, 3.63) is 29.8 Å². The van der Waals surface area contributed by atoms with Crippen LogP contribution in [0.3, 0.4) is 0 Å². The van der Waals surface area contributed by atoms with Crippen LogP contribution in [-0.4, -0.2) is 34.7 Å². The van der Waals surface area contributed by atoms with Gasteiger partial charge in [-0.1, -0.05) is 12.1 Å². The number of imide groups is 1. The van der Waals surface area contributed by atoms with E-state index < -0.39 is 17.4 Å². The van der Waals surface area contributed by atoms with Crippen molar-refractivity contribution in [3.63, 3.8) is 0 Å². The van der Waals surface area contributed by atoms with Crippen LogP contribution in [0.4, 0.5) is 0 Å². The van der Waals surface area contributed by atoms with Gasteiger partial charge >= 0.3 is 0 Å². The Labute approximate surface area is 122 Å². The van der Waals surface area contributed by atoms with Crippen LogP contribution in [0, 0.1) is 0 Å². The van der Waals surface area contributed by atoms with E-state index in [1.807, 2.05) is 0 Å². The van der Waals surface area contributed by atoms with Crippen LogP contribution >= 0.6 is 12.6 Å². The zero-order chi connectivity index (χ0) is 14.9. The predicted octanol–water partition coefficient (Wildman–Crippen LogP) is 0.781. The van der Waals surface area contributed by atoms with Gasteiger partial charge in [-0.15, -0.1) is 12.6 Å². The van der Waals surface area contributed by atoms with Crippen molar-refractivity contribution in [3.8, 4) is 0 Å². The Kier molecular flexibility index (Phi) is 3.85. The van der Waals surface area contributed by atoms with Crippen LogP contribution in [0.15, 0.2) is 29.2 Å². The Morgan fingerprint density at radius 3 is 2.50 bits per heavy atom. The second-order valence-electron chi connectivity index (χ2n) is 5.26. The molecule has 0 atom stereocenters. The average molecular weight is 292 g/mol. The number of nitrogens with zero attached hydrogens (tertiary/aromatic N) is 1. The summed E-state index contributed by atoms with van der Waals surface area (Å²) in [6.07, 6.45) is 0.151. The molecule has 1 N–H and O–H groups in total. The molecule has 1 aromatic rings. The third kappa shape index (κ3) is 2.85. The van der Waals surface area contributed by atoms with Gasteiger partial charge in [0.15, 0.2) is 0 Å². The third-order valence-electron chi connectivity index (χ3n) is 3.38. The van der Waals surface area contributed by atoms with E-state index in [0.717, 1.165) is 10.5 Å². The number of nitrogens with one attached hydrogen (secondary N) is 1. The molecular formula is C14H16N2O3S. The van der Waals surface area contributed by atoms with Gasteiger partial charge in [0.2, 0.25) is 11.8 Å². The molecule has 2 rings (SSSR count). The van der Waals surface area contributed by atoms with Gasteiger partial charge in [-0.2, -0.15) is 0 Å². The van der Waals surface area contributed by atoms with Crippen LogP contribution in [0.25, 0.3) is 0 Å². The van der Waals surface area contributed by atoms with Crippen LogP contribution in [0.5, 0.6) is 0 Å². The molecule has 1 heterocycles. The van der Waals surface area contributed by atoms with E-state index in [-0.39, 0.29) is 18.9 Å². The number of piperazine rings is 1. The number of hydrogen-bond acceptors (Lipinski definition) is 4. The van der Waals surface area contributed by atoms with Crippen LogP contribution in [0.1, 0.15) is 19.4 Å². The number of hydrogen-bond donors (Lipinski definition) is 2. The first-order chi connectivity index (χ1) is 9.30. The van der Waals surface area contributed by atoms with Crippen LogP contribution in [-0.2, 0) is 20.8 Å². The first-order valence-electron chi connectivity index (χ1n) is 6.23. The molecule has 0 aromatic heterocycles. The molecule has 0 unspecified atom stereocenters. The Morgan fingerprint density at radius 2 is 1.90 bits per heavy atom. The fourth-order valence-corrected chi connectivity index (χ4v) is 2.22. The van der Waals surface area contributed by atoms with Gasteiger partial charge in [-0.3, -0.25) is 19.7 Å². The zero-order valence-corrected chi connectivity index (χ0v) is 12.2. The highest BCUT2D eigenvalue weighted by molar-refractivity contribution is 7.80. The summed E-state index contributed by atoms with van der Waals surface area (Å²) >= 11 is 4.18. The summed E-state index contributed by atoms with van der Waals surface area (Å²) in [7, 11) is 0. The van der Waals surface area contributed by atoms with Crippen molar-refractivity contribution in [2.45, 2.75) is 30.7 Å². The smallest absolute Gasteiger partial charge is 0.252 e. The monoisotopic (exact) mass is 292 g/mol. The standard InChI is InChI=1S/C14H16N2O3S/c1-14(2)13(19)15-11(17)8-16(14)12(18)7-9-3-5-10(20)6-4-9/h3-6,20H,7-8H2,1-2H3,(H,15,17,19). The number of carbonyl (C=O) groups is 3. The highest BCUT2D eigenvalue weighted by atomic mass is 32.1. The number of amides is 3. The molecule has 0 bridgehead atoms. The highest BCUT2D eigenvalue weighted by Gasteiger charge is 2.43. The summed E-state index contributed by atoms with van der Waals surface area (Å²) in [6.45, 7) is 3.16. The predicted molar refractivity (Wildman–Crippen MR) is 76.3 cm³/mol. The molecule has 3 amide bonds. The maximum absolute atomic E-state index is 12.3. The molecule has 0 aliphatic carbocycles. The van der Waals surface area contributed by atoms with Gasteiger partial charge in [-0.25, -0.2) is 0 Å². The first kappa shape index (κ1) is 14.6. The molecule has 20 heavy (non-hydrogen) atoms. The minimum atomic E-state index is -1.02. The Hall–Kier alpha value is -1.82. The molecule has 106 valence electrons. The SMILES string of the molecule is CC1(C)C(=O)NC(=O)CN1C(=O)Cc1ccc(S)cc1. The van der Waals surface area contributed by atoms with E-state index in [9.17, 15) is 14.4 Å². The molecule has 1 fully saturated rings. The molecule has 0 spiro atoms. The molecule has 1 aliphatic heterocycles. The number of rotatable bonds is 2. The third-order valence-corrected chi connectivity index (χ3v) is 3.68. The normalized spacial score (nSPS) is 17.9. The van der Waals surface area contributed by atoms with Crippen molar-refractivity contribution >= 4 is 30.4 Å². The molecule has 0 saturated carbocycles. The quantitative estimate of drug-likeness (QED) is 0.625. The maximum atomic E-state index is 12.3. The molecule has 0 radical (unpaired) electrons. The molecule has 1 aromatic carbocycles. The number of thiol groups is 1. The van der Waals surface area contributed by atoms with Crippen molar-refractivity contribution in [2.75, 3.05) is 6.54 Å². The van der Waals surface area contributed by atoms with Gasteiger partial charge in [0.25, 0.3) is 5.91 Å². The minimum Gasteiger partial charge on any atom is -0.319 e. The molecule has 6 heteroatoms. The summed E-state index contributed by atoms with van der Waals surface area (Å²) in [5.74, 6) is -1.15. The lowest BCUT2D eigenvalue weighted by Gasteiger charge is -2.40.